The lowest BCUT2D eigenvalue weighted by Crippen LogP contribution is -2.38. The second kappa shape index (κ2) is 7.13. The smallest absolute Gasteiger partial charge is 0.345 e. The van der Waals surface area contributed by atoms with Crippen LogP contribution < -0.4 is 10.4 Å². The van der Waals surface area contributed by atoms with Crippen LogP contribution in [0.15, 0.2) is 29.1 Å². The fraction of sp³-hybridized carbons (Fsp3) is 0.500. The predicted octanol–water partition coefficient (Wildman–Crippen LogP) is 1.63. The van der Waals surface area contributed by atoms with Crippen molar-refractivity contribution in [3.05, 3.63) is 46.1 Å². The largest absolute Gasteiger partial charge is 0.497 e. The Bertz CT molecular complexity index is 799. The number of ether oxygens (including phenoxy) is 1. The molecule has 1 fully saturated rings. The summed E-state index contributed by atoms with van der Waals surface area (Å²) in [5.74, 6) is 1.83. The van der Waals surface area contributed by atoms with Crippen LogP contribution >= 0.6 is 0 Å². The molecular formula is C18H24N4O3. The number of rotatable bonds is 4. The van der Waals surface area contributed by atoms with Gasteiger partial charge < -0.3 is 9.64 Å². The van der Waals surface area contributed by atoms with Crippen molar-refractivity contribution in [3.63, 3.8) is 0 Å². The number of hydrogen-bond acceptors (Lipinski definition) is 4. The van der Waals surface area contributed by atoms with Gasteiger partial charge in [-0.2, -0.15) is 5.10 Å². The van der Waals surface area contributed by atoms with Crippen LogP contribution in [0.4, 0.5) is 0 Å². The van der Waals surface area contributed by atoms with Crippen molar-refractivity contribution in [2.45, 2.75) is 32.2 Å². The van der Waals surface area contributed by atoms with Crippen LogP contribution in [0, 0.1) is 0 Å². The van der Waals surface area contributed by atoms with Gasteiger partial charge in [-0.1, -0.05) is 0 Å². The van der Waals surface area contributed by atoms with Crippen LogP contribution in [0.5, 0.6) is 5.75 Å². The highest BCUT2D eigenvalue weighted by Crippen LogP contribution is 2.27. The molecule has 1 aromatic heterocycles. The van der Waals surface area contributed by atoms with Crippen molar-refractivity contribution in [1.82, 2.24) is 19.2 Å². The number of aromatic nitrogens is 3. The molecule has 134 valence electrons. The molecule has 1 amide bonds. The summed E-state index contributed by atoms with van der Waals surface area (Å²) in [4.78, 5) is 26.6. The van der Waals surface area contributed by atoms with Crippen LogP contribution in [0.25, 0.3) is 0 Å². The SMILES string of the molecule is CCn1c(C2CCN(C(=O)c3ccc(OC)cc3)CC2)nn(C)c1=O. The van der Waals surface area contributed by atoms with Crippen molar-refractivity contribution >= 4 is 5.91 Å². The van der Waals surface area contributed by atoms with E-state index in [1.807, 2.05) is 11.8 Å². The van der Waals surface area contributed by atoms with Gasteiger partial charge in [-0.3, -0.25) is 9.36 Å². The maximum Gasteiger partial charge on any atom is 0.345 e. The molecule has 0 saturated carbocycles. The molecule has 0 atom stereocenters. The molecule has 1 aliphatic heterocycles. The van der Waals surface area contributed by atoms with Crippen molar-refractivity contribution < 1.29 is 9.53 Å². The Hall–Kier alpha value is -2.57. The van der Waals surface area contributed by atoms with Gasteiger partial charge in [0.05, 0.1) is 7.11 Å². The first-order valence-corrected chi connectivity index (χ1v) is 8.62. The van der Waals surface area contributed by atoms with Crippen molar-refractivity contribution in [1.29, 1.82) is 0 Å². The number of methoxy groups -OCH3 is 1. The maximum atomic E-state index is 12.6. The standard InChI is InChI=1S/C18H24N4O3/c1-4-22-16(19-20(2)18(22)24)13-9-11-21(12-10-13)17(23)14-5-7-15(25-3)8-6-14/h5-8,13H,4,9-12H2,1-3H3. The van der Waals surface area contributed by atoms with Crippen LogP contribution in [0.3, 0.4) is 0 Å². The third kappa shape index (κ3) is 3.31. The van der Waals surface area contributed by atoms with E-state index in [1.165, 1.54) is 4.68 Å². The van der Waals surface area contributed by atoms with Crippen LogP contribution in [-0.4, -0.2) is 45.4 Å². The quantitative estimate of drug-likeness (QED) is 0.845. The number of carbonyl (C=O) groups excluding carboxylic acids is 1. The molecule has 1 aliphatic rings. The number of aryl methyl sites for hydroxylation is 1. The maximum absolute atomic E-state index is 12.6. The highest BCUT2D eigenvalue weighted by atomic mass is 16.5. The molecule has 0 unspecified atom stereocenters. The summed E-state index contributed by atoms with van der Waals surface area (Å²) in [6.45, 7) is 3.91. The molecule has 2 aromatic rings. The zero-order valence-corrected chi connectivity index (χ0v) is 14.9. The van der Waals surface area contributed by atoms with Gasteiger partial charge in [0, 0.05) is 38.2 Å². The van der Waals surface area contributed by atoms with Gasteiger partial charge >= 0.3 is 5.69 Å². The molecule has 7 heteroatoms. The Kier molecular flexibility index (Phi) is 4.92. The van der Waals surface area contributed by atoms with Crippen molar-refractivity contribution in [3.8, 4) is 5.75 Å². The number of carbonyl (C=O) groups is 1. The number of hydrogen-bond donors (Lipinski definition) is 0. The third-order valence-electron chi connectivity index (χ3n) is 4.84. The van der Waals surface area contributed by atoms with Gasteiger partial charge in [-0.05, 0) is 44.0 Å². The van der Waals surface area contributed by atoms with Gasteiger partial charge in [0.15, 0.2) is 0 Å². The topological polar surface area (TPSA) is 69.4 Å². The second-order valence-corrected chi connectivity index (χ2v) is 6.30. The molecule has 2 heterocycles. The fourth-order valence-electron chi connectivity index (χ4n) is 3.38. The molecule has 0 aliphatic carbocycles. The van der Waals surface area contributed by atoms with Gasteiger partial charge in [-0.25, -0.2) is 9.48 Å². The van der Waals surface area contributed by atoms with E-state index in [4.69, 9.17) is 4.74 Å². The third-order valence-corrected chi connectivity index (χ3v) is 4.84. The Morgan fingerprint density at radius 3 is 2.44 bits per heavy atom. The average molecular weight is 344 g/mol. The van der Waals surface area contributed by atoms with Crippen LogP contribution in [0.2, 0.25) is 0 Å². The number of nitrogens with zero attached hydrogens (tertiary/aromatic N) is 4. The Balaban J connectivity index is 1.68. The van der Waals surface area contributed by atoms with E-state index in [-0.39, 0.29) is 17.5 Å². The highest BCUT2D eigenvalue weighted by Gasteiger charge is 2.28. The lowest BCUT2D eigenvalue weighted by atomic mass is 9.95. The highest BCUT2D eigenvalue weighted by molar-refractivity contribution is 5.94. The number of amides is 1. The Morgan fingerprint density at radius 2 is 1.88 bits per heavy atom. The van der Waals surface area contributed by atoms with E-state index in [2.05, 4.69) is 5.10 Å². The number of likely N-dealkylation sites (tertiary alicyclic amines) is 1. The van der Waals surface area contributed by atoms with Crippen molar-refractivity contribution in [2.75, 3.05) is 20.2 Å². The lowest BCUT2D eigenvalue weighted by molar-refractivity contribution is 0.0710. The van der Waals surface area contributed by atoms with Gasteiger partial charge in [0.25, 0.3) is 5.91 Å². The van der Waals surface area contributed by atoms with E-state index in [1.54, 1.807) is 43.0 Å². The zero-order valence-electron chi connectivity index (χ0n) is 14.9. The van der Waals surface area contributed by atoms with Gasteiger partial charge in [-0.15, -0.1) is 0 Å². The molecule has 3 rings (SSSR count). The average Bonchev–Trinajstić information content (AvgIpc) is 2.95. The first-order valence-electron chi connectivity index (χ1n) is 8.62. The van der Waals surface area contributed by atoms with Crippen LogP contribution in [0.1, 0.15) is 41.9 Å². The Labute approximate surface area is 146 Å². The zero-order chi connectivity index (χ0) is 18.0. The first-order chi connectivity index (χ1) is 12.0. The molecule has 7 nitrogen and oxygen atoms in total. The molecule has 1 aromatic carbocycles. The fourth-order valence-corrected chi connectivity index (χ4v) is 3.38. The first kappa shape index (κ1) is 17.3. The lowest BCUT2D eigenvalue weighted by Gasteiger charge is -2.31. The van der Waals surface area contributed by atoms with Crippen molar-refractivity contribution in [2.24, 2.45) is 7.05 Å². The minimum Gasteiger partial charge on any atom is -0.497 e. The summed E-state index contributed by atoms with van der Waals surface area (Å²) >= 11 is 0. The number of benzene rings is 1. The Morgan fingerprint density at radius 1 is 1.24 bits per heavy atom. The molecule has 0 N–H and O–H groups in total. The van der Waals surface area contributed by atoms with Gasteiger partial charge in [0.1, 0.15) is 11.6 Å². The molecule has 25 heavy (non-hydrogen) atoms. The second-order valence-electron chi connectivity index (χ2n) is 6.30. The minimum absolute atomic E-state index is 0.0370. The summed E-state index contributed by atoms with van der Waals surface area (Å²) in [5, 5.41) is 4.40. The molecule has 0 spiro atoms. The molecule has 0 bridgehead atoms. The van der Waals surface area contributed by atoms with E-state index < -0.39 is 0 Å². The normalized spacial score (nSPS) is 15.4. The van der Waals surface area contributed by atoms with Gasteiger partial charge in [0.2, 0.25) is 0 Å². The summed E-state index contributed by atoms with van der Waals surface area (Å²) in [6, 6.07) is 7.18. The summed E-state index contributed by atoms with van der Waals surface area (Å²) in [5.41, 5.74) is 0.594. The van der Waals surface area contributed by atoms with E-state index >= 15 is 0 Å². The molecular weight excluding hydrogens is 320 g/mol. The predicted molar refractivity (Wildman–Crippen MR) is 94.0 cm³/mol. The molecule has 1 saturated heterocycles. The summed E-state index contributed by atoms with van der Waals surface area (Å²) in [7, 11) is 3.29. The molecule has 0 radical (unpaired) electrons. The van der Waals surface area contributed by atoms with E-state index in [0.717, 1.165) is 24.4 Å². The monoisotopic (exact) mass is 344 g/mol. The van der Waals surface area contributed by atoms with Crippen LogP contribution in [-0.2, 0) is 13.6 Å². The summed E-state index contributed by atoms with van der Waals surface area (Å²) in [6.07, 6.45) is 1.64. The number of piperidine rings is 1. The van der Waals surface area contributed by atoms with E-state index in [0.29, 0.717) is 25.2 Å². The van der Waals surface area contributed by atoms with E-state index in [9.17, 15) is 9.59 Å². The minimum atomic E-state index is -0.0748. The summed E-state index contributed by atoms with van der Waals surface area (Å²) < 4.78 is 8.25.